The van der Waals surface area contributed by atoms with Gasteiger partial charge in [0, 0.05) is 6.08 Å². The molecular weight excluding hydrogens is 176 g/mol. The van der Waals surface area contributed by atoms with Crippen molar-refractivity contribution in [2.24, 2.45) is 0 Å². The molecule has 0 radical (unpaired) electrons. The van der Waals surface area contributed by atoms with Gasteiger partial charge in [-0.25, -0.2) is 4.79 Å². The van der Waals surface area contributed by atoms with E-state index in [2.05, 4.69) is 11.3 Å². The molecule has 0 aliphatic heterocycles. The van der Waals surface area contributed by atoms with Gasteiger partial charge in [0.05, 0.1) is 8.41 Å². The lowest BCUT2D eigenvalue weighted by Gasteiger charge is -1.94. The highest BCUT2D eigenvalue weighted by Crippen LogP contribution is 1.75. The topological polar surface area (TPSA) is 74.9 Å². The van der Waals surface area contributed by atoms with Crippen molar-refractivity contribution in [3.05, 3.63) is 12.7 Å². The van der Waals surface area contributed by atoms with Gasteiger partial charge in [0.1, 0.15) is 12.5 Å². The average molecular weight is 188 g/mol. The predicted molar refractivity (Wildman–Crippen MR) is 49.2 cm³/mol. The third-order valence-corrected chi connectivity index (χ3v) is 2.17. The van der Waals surface area contributed by atoms with Crippen LogP contribution in [0.1, 0.15) is 0 Å². The summed E-state index contributed by atoms with van der Waals surface area (Å²) < 4.78 is 4.62. The molecule has 5 heteroatoms. The predicted octanol–water partition coefficient (Wildman–Crippen LogP) is -0.829. The minimum absolute atomic E-state index is 0. The summed E-state index contributed by atoms with van der Waals surface area (Å²) in [5, 5.41) is 0. The zero-order valence-corrected chi connectivity index (χ0v) is 7.87. The van der Waals surface area contributed by atoms with Gasteiger partial charge in [-0.1, -0.05) is 12.3 Å². The first-order valence-electron chi connectivity index (χ1n) is 3.12. The molecule has 12 heavy (non-hydrogen) atoms. The van der Waals surface area contributed by atoms with Crippen molar-refractivity contribution in [1.29, 1.82) is 0 Å². The maximum absolute atomic E-state index is 10.4. The van der Waals surface area contributed by atoms with Crippen LogP contribution in [0.3, 0.4) is 0 Å². The van der Waals surface area contributed by atoms with Crippen LogP contribution < -0.4 is 0 Å². The van der Waals surface area contributed by atoms with E-state index in [4.69, 9.17) is 0 Å². The van der Waals surface area contributed by atoms with Gasteiger partial charge < -0.3 is 15.0 Å². The van der Waals surface area contributed by atoms with Gasteiger partial charge in [-0.15, -0.1) is 0 Å². The Labute approximate surface area is 72.4 Å². The van der Waals surface area contributed by atoms with Gasteiger partial charge in [0.2, 0.25) is 0 Å². The van der Waals surface area contributed by atoms with Crippen LogP contribution >= 0.6 is 0 Å². The molecule has 0 heterocycles. The number of esters is 1. The van der Waals surface area contributed by atoms with E-state index >= 15 is 0 Å². The molecule has 0 aromatic carbocycles. The summed E-state index contributed by atoms with van der Waals surface area (Å²) in [6.45, 7) is 5.25. The van der Waals surface area contributed by atoms with Crippen molar-refractivity contribution >= 4 is 26.0 Å². The van der Waals surface area contributed by atoms with Crippen molar-refractivity contribution in [2.45, 2.75) is 6.55 Å². The zero-order chi connectivity index (χ0) is 8.69. The summed E-state index contributed by atoms with van der Waals surface area (Å²) in [5.41, 5.74) is 1.71. The third-order valence-electron chi connectivity index (χ3n) is 0.983. The summed E-state index contributed by atoms with van der Waals surface area (Å²) in [6.07, 6.45) is 1.09. The SMILES string of the molecule is C=CC(=O)OC/C=[Si](/C)C=O.O. The molecule has 0 unspecified atom stereocenters. The van der Waals surface area contributed by atoms with Crippen LogP contribution in [0.25, 0.3) is 0 Å². The Morgan fingerprint density at radius 1 is 1.67 bits per heavy atom. The second-order valence-corrected chi connectivity index (χ2v) is 4.03. The van der Waals surface area contributed by atoms with Crippen LogP contribution in [0, 0.1) is 0 Å². The highest BCUT2D eigenvalue weighted by Gasteiger charge is 1.91. The molecule has 0 aliphatic carbocycles. The molecule has 0 aromatic rings. The lowest BCUT2D eigenvalue weighted by molar-refractivity contribution is -0.135. The Balaban J connectivity index is 0. The lowest BCUT2D eigenvalue weighted by Crippen LogP contribution is -2.09. The molecule has 2 N–H and O–H groups in total. The number of hydrogen-bond acceptors (Lipinski definition) is 3. The Morgan fingerprint density at radius 2 is 2.25 bits per heavy atom. The summed E-state index contributed by atoms with van der Waals surface area (Å²) in [6, 6.07) is 0. The fourth-order valence-corrected chi connectivity index (χ4v) is 0.805. The fourth-order valence-electron chi connectivity index (χ4n) is 0.362. The summed E-state index contributed by atoms with van der Waals surface area (Å²) in [4.78, 5) is 20.5. The first-order chi connectivity index (χ1) is 5.20. The zero-order valence-electron chi connectivity index (χ0n) is 6.87. The largest absolute Gasteiger partial charge is 0.459 e. The fraction of sp³-hybridized carbons (Fsp3) is 0.286. The van der Waals surface area contributed by atoms with Gasteiger partial charge in [0.15, 0.2) is 0 Å². The quantitative estimate of drug-likeness (QED) is 0.250. The van der Waals surface area contributed by atoms with Crippen molar-refractivity contribution in [1.82, 2.24) is 0 Å². The Kier molecular flexibility index (Phi) is 9.04. The normalized spacial score (nSPS) is 9.58. The van der Waals surface area contributed by atoms with Crippen LogP contribution in [0.2, 0.25) is 6.55 Å². The number of carbonyl (C=O) groups excluding carboxylic acids is 2. The van der Waals surface area contributed by atoms with Crippen LogP contribution in [-0.2, 0) is 14.3 Å². The standard InChI is InChI=1S/C7H10O3Si.H2O/c1-3-7(9)10-4-5-11(2)6-8;/h3,5-6H,1,4H2,2H3;1H2/b11-5-;. The van der Waals surface area contributed by atoms with Crippen LogP contribution in [0.15, 0.2) is 12.7 Å². The van der Waals surface area contributed by atoms with Crippen molar-refractivity contribution in [2.75, 3.05) is 6.61 Å². The number of carbonyl (C=O) groups is 2. The number of ether oxygens (including phenoxy) is 1. The summed E-state index contributed by atoms with van der Waals surface area (Å²) >= 11 is 0. The second kappa shape index (κ2) is 8.03. The lowest BCUT2D eigenvalue weighted by atomic mass is 10.6. The summed E-state index contributed by atoms with van der Waals surface area (Å²) in [5.74, 6) is 0.425. The molecule has 0 rings (SSSR count). The van der Waals surface area contributed by atoms with E-state index in [-0.39, 0.29) is 12.1 Å². The van der Waals surface area contributed by atoms with Gasteiger partial charge >= 0.3 is 5.97 Å². The van der Waals surface area contributed by atoms with Crippen molar-refractivity contribution in [3.63, 3.8) is 0 Å². The third kappa shape index (κ3) is 7.04. The minimum atomic E-state index is -1.05. The Hall–Kier alpha value is -1.07. The van der Waals surface area contributed by atoms with E-state index in [9.17, 15) is 9.59 Å². The van der Waals surface area contributed by atoms with E-state index in [1.54, 1.807) is 5.67 Å². The Morgan fingerprint density at radius 3 is 2.67 bits per heavy atom. The molecule has 68 valence electrons. The molecular formula is C7H12O4Si. The molecule has 0 saturated carbocycles. The molecule has 0 atom stereocenters. The highest BCUT2D eigenvalue weighted by atomic mass is 28.2. The molecule has 0 fully saturated rings. The number of hydrogen-bond donors (Lipinski definition) is 0. The van der Waals surface area contributed by atoms with Gasteiger partial charge in [0.25, 0.3) is 0 Å². The molecule has 0 spiro atoms. The van der Waals surface area contributed by atoms with E-state index in [0.29, 0.717) is 0 Å². The van der Waals surface area contributed by atoms with E-state index in [1.165, 1.54) is 0 Å². The monoisotopic (exact) mass is 188 g/mol. The van der Waals surface area contributed by atoms with E-state index in [0.717, 1.165) is 12.0 Å². The smallest absolute Gasteiger partial charge is 0.330 e. The van der Waals surface area contributed by atoms with Crippen molar-refractivity contribution < 1.29 is 19.8 Å². The average Bonchev–Trinajstić information content (AvgIpc) is 2.04. The van der Waals surface area contributed by atoms with Crippen molar-refractivity contribution in [3.8, 4) is 0 Å². The van der Waals surface area contributed by atoms with Crippen LogP contribution in [-0.4, -0.2) is 38.0 Å². The molecule has 0 aliphatic rings. The molecule has 0 bridgehead atoms. The van der Waals surface area contributed by atoms with Gasteiger partial charge in [-0.3, -0.25) is 0 Å². The van der Waals surface area contributed by atoms with Crippen LogP contribution in [0.4, 0.5) is 0 Å². The summed E-state index contributed by atoms with van der Waals surface area (Å²) in [7, 11) is -1.05. The maximum atomic E-state index is 10.4. The van der Waals surface area contributed by atoms with Crippen LogP contribution in [0.5, 0.6) is 0 Å². The second-order valence-electron chi connectivity index (χ2n) is 1.90. The molecule has 4 nitrogen and oxygen atoms in total. The van der Waals surface area contributed by atoms with Gasteiger partial charge in [-0.2, -0.15) is 0 Å². The highest BCUT2D eigenvalue weighted by molar-refractivity contribution is 6.87. The molecule has 0 saturated heterocycles. The van der Waals surface area contributed by atoms with E-state index < -0.39 is 14.4 Å². The first kappa shape index (κ1) is 13.5. The van der Waals surface area contributed by atoms with Gasteiger partial charge in [-0.05, 0) is 6.55 Å². The number of rotatable bonds is 4. The molecule has 0 amide bonds. The minimum Gasteiger partial charge on any atom is -0.459 e. The molecule has 0 aromatic heterocycles. The van der Waals surface area contributed by atoms with E-state index in [1.807, 2.05) is 6.55 Å². The maximum Gasteiger partial charge on any atom is 0.330 e. The Bertz CT molecular complexity index is 198. The first-order valence-corrected chi connectivity index (χ1v) is 5.27.